The monoisotopic (exact) mass is 442 g/mol. The van der Waals surface area contributed by atoms with Crippen molar-refractivity contribution in [3.05, 3.63) is 93.9 Å². The number of aryl methyl sites for hydroxylation is 2. The van der Waals surface area contributed by atoms with Crippen LogP contribution < -0.4 is 11.0 Å². The van der Waals surface area contributed by atoms with Crippen molar-refractivity contribution in [2.45, 2.75) is 19.4 Å². The predicted octanol–water partition coefficient (Wildman–Crippen LogP) is 4.57. The van der Waals surface area contributed by atoms with Gasteiger partial charge in [-0.15, -0.1) is 11.3 Å². The second-order valence-corrected chi connectivity index (χ2v) is 8.84. The molecule has 0 saturated heterocycles. The Morgan fingerprint density at radius 3 is 2.47 bits per heavy atom. The van der Waals surface area contributed by atoms with E-state index in [2.05, 4.69) is 16.4 Å². The fourth-order valence-corrected chi connectivity index (χ4v) is 4.89. The molecule has 0 aliphatic carbocycles. The largest absolute Gasteiger partial charge is 0.328 e. The summed E-state index contributed by atoms with van der Waals surface area (Å²) in [6.07, 6.45) is 0.985. The minimum absolute atomic E-state index is 0.113. The third-order valence-corrected chi connectivity index (χ3v) is 6.58. The summed E-state index contributed by atoms with van der Waals surface area (Å²) in [5.74, 6) is -0.122. The lowest BCUT2D eigenvalue weighted by atomic mass is 10.1. The van der Waals surface area contributed by atoms with Crippen molar-refractivity contribution >= 4 is 44.2 Å². The summed E-state index contributed by atoms with van der Waals surface area (Å²) in [5, 5.41) is 4.00. The van der Waals surface area contributed by atoms with Crippen LogP contribution in [-0.2, 0) is 24.8 Å². The normalized spacial score (nSPS) is 11.3. The molecule has 0 radical (unpaired) electrons. The van der Waals surface area contributed by atoms with Crippen molar-refractivity contribution in [2.24, 2.45) is 7.05 Å². The molecule has 6 nitrogen and oxygen atoms in total. The Balaban J connectivity index is 1.22. The zero-order chi connectivity index (χ0) is 22.1. The zero-order valence-corrected chi connectivity index (χ0v) is 18.4. The van der Waals surface area contributed by atoms with E-state index >= 15 is 0 Å². The van der Waals surface area contributed by atoms with Crippen molar-refractivity contribution < 1.29 is 4.79 Å². The Morgan fingerprint density at radius 2 is 1.69 bits per heavy atom. The smallest absolute Gasteiger partial charge is 0.326 e. The number of aromatic nitrogens is 3. The lowest BCUT2D eigenvalue weighted by Gasteiger charge is -2.07. The molecule has 1 amide bonds. The van der Waals surface area contributed by atoms with E-state index < -0.39 is 0 Å². The van der Waals surface area contributed by atoms with Gasteiger partial charge in [0, 0.05) is 32.1 Å². The maximum atomic E-state index is 12.5. The molecule has 0 bridgehead atoms. The highest BCUT2D eigenvalue weighted by Gasteiger charge is 2.12. The van der Waals surface area contributed by atoms with Crippen LogP contribution in [0.3, 0.4) is 0 Å². The zero-order valence-electron chi connectivity index (χ0n) is 17.6. The summed E-state index contributed by atoms with van der Waals surface area (Å²) >= 11 is 1.70. The van der Waals surface area contributed by atoms with Gasteiger partial charge in [0.25, 0.3) is 0 Å². The first-order chi connectivity index (χ1) is 15.6. The molecule has 0 fully saturated rings. The second-order valence-electron chi connectivity index (χ2n) is 7.73. The first-order valence-corrected chi connectivity index (χ1v) is 11.3. The van der Waals surface area contributed by atoms with Gasteiger partial charge in [-0.05, 0) is 42.0 Å². The van der Waals surface area contributed by atoms with Crippen LogP contribution in [0.1, 0.15) is 17.0 Å². The van der Waals surface area contributed by atoms with E-state index in [0.29, 0.717) is 6.54 Å². The number of thiazole rings is 1. The molecule has 1 N–H and O–H groups in total. The van der Waals surface area contributed by atoms with Crippen molar-refractivity contribution in [1.29, 1.82) is 0 Å². The van der Waals surface area contributed by atoms with Crippen LogP contribution in [0.4, 0.5) is 5.69 Å². The number of hydrogen-bond acceptors (Lipinski definition) is 4. The Labute approximate surface area is 188 Å². The quantitative estimate of drug-likeness (QED) is 0.419. The van der Waals surface area contributed by atoms with Gasteiger partial charge in [-0.3, -0.25) is 13.9 Å². The van der Waals surface area contributed by atoms with Crippen molar-refractivity contribution in [3.8, 4) is 0 Å². The van der Waals surface area contributed by atoms with Gasteiger partial charge in [0.05, 0.1) is 26.3 Å². The molecule has 0 unspecified atom stereocenters. The van der Waals surface area contributed by atoms with Crippen LogP contribution in [-0.4, -0.2) is 20.0 Å². The van der Waals surface area contributed by atoms with Crippen LogP contribution in [0.25, 0.3) is 21.3 Å². The van der Waals surface area contributed by atoms with E-state index in [1.807, 2.05) is 66.7 Å². The van der Waals surface area contributed by atoms with Gasteiger partial charge in [0.2, 0.25) is 5.91 Å². The maximum Gasteiger partial charge on any atom is 0.328 e. The van der Waals surface area contributed by atoms with Crippen LogP contribution >= 0.6 is 11.3 Å². The molecule has 5 rings (SSSR count). The van der Waals surface area contributed by atoms with E-state index in [1.165, 1.54) is 4.70 Å². The van der Waals surface area contributed by atoms with Crippen molar-refractivity contribution in [1.82, 2.24) is 14.1 Å². The second kappa shape index (κ2) is 8.43. The third-order valence-electron chi connectivity index (χ3n) is 5.55. The fraction of sp³-hybridized carbons (Fsp3) is 0.160. The van der Waals surface area contributed by atoms with E-state index in [0.717, 1.165) is 39.2 Å². The van der Waals surface area contributed by atoms with Crippen LogP contribution in [0, 0.1) is 0 Å². The molecule has 2 heterocycles. The van der Waals surface area contributed by atoms with Gasteiger partial charge in [0.15, 0.2) is 0 Å². The minimum Gasteiger partial charge on any atom is -0.326 e. The molecule has 7 heteroatoms. The molecule has 2 aromatic heterocycles. The first-order valence-electron chi connectivity index (χ1n) is 10.5. The number of carbonyl (C=O) groups is 1. The SMILES string of the molecule is Cn1c(=O)n(CCC(=O)Nc2ccc(Cc3nc4ccccc4s3)cc2)c2ccccc21. The van der Waals surface area contributed by atoms with Crippen LogP contribution in [0.15, 0.2) is 77.6 Å². The fourth-order valence-electron chi connectivity index (χ4n) is 3.89. The van der Waals surface area contributed by atoms with Crippen LogP contribution in [0.5, 0.6) is 0 Å². The molecule has 32 heavy (non-hydrogen) atoms. The highest BCUT2D eigenvalue weighted by molar-refractivity contribution is 7.18. The number of imidazole rings is 1. The number of benzene rings is 3. The van der Waals surface area contributed by atoms with Gasteiger partial charge in [-0.1, -0.05) is 36.4 Å². The number of para-hydroxylation sites is 3. The minimum atomic E-state index is -0.122. The van der Waals surface area contributed by atoms with E-state index in [-0.39, 0.29) is 18.0 Å². The number of rotatable bonds is 6. The number of hydrogen-bond donors (Lipinski definition) is 1. The van der Waals surface area contributed by atoms with Crippen LogP contribution in [0.2, 0.25) is 0 Å². The average molecular weight is 443 g/mol. The number of amides is 1. The third kappa shape index (κ3) is 3.94. The lowest BCUT2D eigenvalue weighted by Crippen LogP contribution is -2.24. The molecule has 160 valence electrons. The number of fused-ring (bicyclic) bond motifs is 2. The van der Waals surface area contributed by atoms with Gasteiger partial charge in [-0.2, -0.15) is 0 Å². The molecule has 3 aromatic carbocycles. The molecular weight excluding hydrogens is 420 g/mol. The Kier molecular flexibility index (Phi) is 5.33. The molecule has 0 spiro atoms. The Morgan fingerprint density at radius 1 is 0.969 bits per heavy atom. The summed E-state index contributed by atoms with van der Waals surface area (Å²) in [6.45, 7) is 0.335. The summed E-state index contributed by atoms with van der Waals surface area (Å²) < 4.78 is 4.45. The van der Waals surface area contributed by atoms with Gasteiger partial charge in [-0.25, -0.2) is 9.78 Å². The van der Waals surface area contributed by atoms with E-state index in [9.17, 15) is 9.59 Å². The molecule has 0 aliphatic rings. The van der Waals surface area contributed by atoms with E-state index in [1.54, 1.807) is 27.5 Å². The standard InChI is InChI=1S/C25H22N4O2S/c1-28-20-7-3-4-8-21(20)29(25(28)31)15-14-23(30)26-18-12-10-17(11-13-18)16-24-27-19-6-2-5-9-22(19)32-24/h2-13H,14-16H2,1H3,(H,26,30). The summed E-state index contributed by atoms with van der Waals surface area (Å²) in [4.78, 5) is 29.6. The molecule has 0 atom stereocenters. The summed E-state index contributed by atoms with van der Waals surface area (Å²) in [5.41, 5.74) is 4.51. The van der Waals surface area contributed by atoms with Gasteiger partial charge >= 0.3 is 5.69 Å². The highest BCUT2D eigenvalue weighted by atomic mass is 32.1. The number of anilines is 1. The van der Waals surface area contributed by atoms with E-state index in [4.69, 9.17) is 0 Å². The van der Waals surface area contributed by atoms with Crippen molar-refractivity contribution in [2.75, 3.05) is 5.32 Å². The summed E-state index contributed by atoms with van der Waals surface area (Å²) in [7, 11) is 1.75. The highest BCUT2D eigenvalue weighted by Crippen LogP contribution is 2.24. The topological polar surface area (TPSA) is 68.9 Å². The number of nitrogens with one attached hydrogen (secondary N) is 1. The Bertz CT molecular complexity index is 1440. The number of carbonyl (C=O) groups excluding carboxylic acids is 1. The molecule has 0 saturated carbocycles. The van der Waals surface area contributed by atoms with Crippen molar-refractivity contribution in [3.63, 3.8) is 0 Å². The lowest BCUT2D eigenvalue weighted by molar-refractivity contribution is -0.116. The van der Waals surface area contributed by atoms with Gasteiger partial charge < -0.3 is 5.32 Å². The van der Waals surface area contributed by atoms with Gasteiger partial charge in [0.1, 0.15) is 0 Å². The average Bonchev–Trinajstić information content (AvgIpc) is 3.32. The Hall–Kier alpha value is -3.71. The molecular formula is C25H22N4O2S. The molecule has 0 aliphatic heterocycles. The number of nitrogens with zero attached hydrogens (tertiary/aromatic N) is 3. The summed E-state index contributed by atoms with van der Waals surface area (Å²) in [6, 6.07) is 23.6. The predicted molar refractivity (Wildman–Crippen MR) is 129 cm³/mol. The first kappa shape index (κ1) is 20.2. The molecule has 5 aromatic rings. The maximum absolute atomic E-state index is 12.5.